The number of aromatic nitrogens is 2. The molecule has 3 rings (SSSR count). The van der Waals surface area contributed by atoms with Crippen molar-refractivity contribution in [3.05, 3.63) is 109 Å². The van der Waals surface area contributed by atoms with Crippen LogP contribution in [0.2, 0.25) is 0 Å². The maximum atomic E-state index is 10.8. The molecule has 0 spiro atoms. The fourth-order valence-electron chi connectivity index (χ4n) is 2.90. The van der Waals surface area contributed by atoms with Crippen molar-refractivity contribution >= 4 is 16.5 Å². The van der Waals surface area contributed by atoms with Gasteiger partial charge in [0.2, 0.25) is 0 Å². The second-order valence-corrected chi connectivity index (χ2v) is 8.05. The summed E-state index contributed by atoms with van der Waals surface area (Å²) < 4.78 is 27.5. The lowest BCUT2D eigenvalue weighted by atomic mass is 10.1. The van der Waals surface area contributed by atoms with E-state index < -0.39 is 10.7 Å². The standard InChI is InChI=1S/C25H25N3O3S/c1-19(17-32(29)30)9-8-10-20(2)28-25-15-23(26-18-27-25)22-13-6-7-14-24(22)31-16-21-11-4-3-5-12-21/h3-15,18,32H,2,16-17H2,1H3,(H,26,27,28)/b10-8-,19-9+. The lowest BCUT2D eigenvalue weighted by molar-refractivity contribution is 0.307. The van der Waals surface area contributed by atoms with Crippen LogP contribution < -0.4 is 10.1 Å². The first-order chi connectivity index (χ1) is 15.5. The molecule has 0 atom stereocenters. The molecule has 0 unspecified atom stereocenters. The molecule has 0 aliphatic rings. The molecule has 6 nitrogen and oxygen atoms in total. The van der Waals surface area contributed by atoms with Gasteiger partial charge >= 0.3 is 0 Å². The number of rotatable bonds is 10. The molecule has 3 aromatic rings. The molecule has 1 N–H and O–H groups in total. The van der Waals surface area contributed by atoms with Gasteiger partial charge in [0.15, 0.2) is 0 Å². The highest BCUT2D eigenvalue weighted by molar-refractivity contribution is 7.72. The summed E-state index contributed by atoms with van der Waals surface area (Å²) in [6.07, 6.45) is 6.72. The van der Waals surface area contributed by atoms with Gasteiger partial charge in [-0.2, -0.15) is 0 Å². The molecule has 32 heavy (non-hydrogen) atoms. The highest BCUT2D eigenvalue weighted by Gasteiger charge is 2.09. The summed E-state index contributed by atoms with van der Waals surface area (Å²) >= 11 is 0. The van der Waals surface area contributed by atoms with E-state index in [1.54, 1.807) is 25.2 Å². The minimum Gasteiger partial charge on any atom is -0.488 e. The maximum Gasteiger partial charge on any atom is 0.143 e. The zero-order valence-corrected chi connectivity index (χ0v) is 18.7. The summed E-state index contributed by atoms with van der Waals surface area (Å²) in [6.45, 7) is 6.18. The smallest absolute Gasteiger partial charge is 0.143 e. The van der Waals surface area contributed by atoms with Crippen LogP contribution in [-0.2, 0) is 17.3 Å². The number of allylic oxidation sites excluding steroid dienone is 3. The lowest BCUT2D eigenvalue weighted by Crippen LogP contribution is -2.00. The first-order valence-corrected chi connectivity index (χ1v) is 11.4. The fourth-order valence-corrected chi connectivity index (χ4v) is 3.42. The van der Waals surface area contributed by atoms with Crippen molar-refractivity contribution in [2.45, 2.75) is 13.5 Å². The quantitative estimate of drug-likeness (QED) is 0.344. The molecular formula is C25H25N3O3S. The number of thiol groups is 1. The van der Waals surface area contributed by atoms with Crippen LogP contribution in [0.4, 0.5) is 5.82 Å². The van der Waals surface area contributed by atoms with E-state index in [1.165, 1.54) is 6.33 Å². The van der Waals surface area contributed by atoms with Crippen molar-refractivity contribution in [1.82, 2.24) is 9.97 Å². The van der Waals surface area contributed by atoms with Gasteiger partial charge in [0.1, 0.15) is 35.2 Å². The van der Waals surface area contributed by atoms with Gasteiger partial charge in [-0.25, -0.2) is 18.4 Å². The van der Waals surface area contributed by atoms with Gasteiger partial charge in [0.25, 0.3) is 0 Å². The maximum absolute atomic E-state index is 10.8. The van der Waals surface area contributed by atoms with Crippen molar-refractivity contribution in [2.24, 2.45) is 0 Å². The molecule has 7 heteroatoms. The number of nitrogens with one attached hydrogen (secondary N) is 1. The third-order valence-corrected chi connectivity index (χ3v) is 5.17. The van der Waals surface area contributed by atoms with Crippen molar-refractivity contribution in [3.8, 4) is 17.0 Å². The second kappa shape index (κ2) is 11.6. The van der Waals surface area contributed by atoms with Gasteiger partial charge in [0.05, 0.1) is 11.4 Å². The Morgan fingerprint density at radius 2 is 1.84 bits per heavy atom. The van der Waals surface area contributed by atoms with Crippen LogP contribution in [0, 0.1) is 0 Å². The SMILES string of the molecule is C=C(/C=C\C=C(/C)C[SH](=O)=O)Nc1cc(-c2ccccc2OCc2ccccc2)ncn1. The molecule has 0 fully saturated rings. The Balaban J connectivity index is 1.70. The predicted octanol–water partition coefficient (Wildman–Crippen LogP) is 4.76. The molecule has 0 saturated carbocycles. The van der Waals surface area contributed by atoms with Gasteiger partial charge in [-0.1, -0.05) is 66.8 Å². The largest absolute Gasteiger partial charge is 0.488 e. The molecule has 164 valence electrons. The molecule has 0 amide bonds. The van der Waals surface area contributed by atoms with Crippen LogP contribution in [0.3, 0.4) is 0 Å². The van der Waals surface area contributed by atoms with Gasteiger partial charge in [-0.3, -0.25) is 0 Å². The van der Waals surface area contributed by atoms with Gasteiger partial charge in [-0.05, 0) is 30.7 Å². The minimum absolute atomic E-state index is 0.0423. The van der Waals surface area contributed by atoms with Crippen LogP contribution in [0.5, 0.6) is 5.75 Å². The van der Waals surface area contributed by atoms with Gasteiger partial charge < -0.3 is 10.1 Å². The lowest BCUT2D eigenvalue weighted by Gasteiger charge is -2.12. The van der Waals surface area contributed by atoms with E-state index >= 15 is 0 Å². The van der Waals surface area contributed by atoms with E-state index in [0.717, 1.165) is 28.1 Å². The van der Waals surface area contributed by atoms with Crippen LogP contribution in [0.1, 0.15) is 12.5 Å². The highest BCUT2D eigenvalue weighted by Crippen LogP contribution is 2.30. The van der Waals surface area contributed by atoms with Crippen LogP contribution in [0.15, 0.2) is 103 Å². The molecule has 0 radical (unpaired) electrons. The number of hydrogen-bond acceptors (Lipinski definition) is 6. The number of hydrogen-bond donors (Lipinski definition) is 2. The number of anilines is 1. The Labute approximate surface area is 190 Å². The Morgan fingerprint density at radius 1 is 1.09 bits per heavy atom. The number of nitrogens with zero attached hydrogens (tertiary/aromatic N) is 2. The number of ether oxygens (including phenoxy) is 1. The summed E-state index contributed by atoms with van der Waals surface area (Å²) in [5.74, 6) is 1.36. The third kappa shape index (κ3) is 7.21. The Bertz CT molecular complexity index is 1190. The summed E-state index contributed by atoms with van der Waals surface area (Å²) in [6, 6.07) is 19.5. The second-order valence-electron chi connectivity index (χ2n) is 7.07. The fraction of sp³-hybridized carbons (Fsp3) is 0.120. The number of benzene rings is 2. The van der Waals surface area contributed by atoms with Gasteiger partial charge in [-0.15, -0.1) is 0 Å². The van der Waals surface area contributed by atoms with Crippen LogP contribution >= 0.6 is 0 Å². The summed E-state index contributed by atoms with van der Waals surface area (Å²) in [4.78, 5) is 8.66. The van der Waals surface area contributed by atoms with E-state index in [-0.39, 0.29) is 5.75 Å². The first-order valence-electron chi connectivity index (χ1n) is 10.0. The average molecular weight is 448 g/mol. The molecule has 1 heterocycles. The zero-order chi connectivity index (χ0) is 22.8. The summed E-state index contributed by atoms with van der Waals surface area (Å²) in [5.41, 5.74) is 4.03. The van der Waals surface area contributed by atoms with Crippen molar-refractivity contribution in [3.63, 3.8) is 0 Å². The third-order valence-electron chi connectivity index (χ3n) is 4.41. The molecule has 0 saturated heterocycles. The normalized spacial score (nSPS) is 11.6. The molecule has 0 aliphatic heterocycles. The molecule has 1 aromatic heterocycles. The molecule has 2 aromatic carbocycles. The van der Waals surface area contributed by atoms with Crippen molar-refractivity contribution < 1.29 is 13.2 Å². The topological polar surface area (TPSA) is 81.2 Å². The Kier molecular flexibility index (Phi) is 8.34. The Hall–Kier alpha value is -3.71. The highest BCUT2D eigenvalue weighted by atomic mass is 32.2. The molecular weight excluding hydrogens is 422 g/mol. The Morgan fingerprint density at radius 3 is 2.62 bits per heavy atom. The summed E-state index contributed by atoms with van der Waals surface area (Å²) in [5, 5.41) is 3.12. The monoisotopic (exact) mass is 447 g/mol. The summed E-state index contributed by atoms with van der Waals surface area (Å²) in [7, 11) is -2.42. The predicted molar refractivity (Wildman–Crippen MR) is 129 cm³/mol. The van der Waals surface area contributed by atoms with Crippen molar-refractivity contribution in [2.75, 3.05) is 11.1 Å². The minimum atomic E-state index is -2.42. The zero-order valence-electron chi connectivity index (χ0n) is 17.8. The van der Waals surface area contributed by atoms with E-state index in [9.17, 15) is 8.42 Å². The molecule has 0 aliphatic carbocycles. The van der Waals surface area contributed by atoms with E-state index in [1.807, 2.05) is 60.7 Å². The first kappa shape index (κ1) is 23.0. The van der Waals surface area contributed by atoms with E-state index in [4.69, 9.17) is 4.74 Å². The average Bonchev–Trinajstić information content (AvgIpc) is 2.78. The van der Waals surface area contributed by atoms with Crippen molar-refractivity contribution in [1.29, 1.82) is 0 Å². The van der Waals surface area contributed by atoms with E-state index in [0.29, 0.717) is 18.1 Å². The van der Waals surface area contributed by atoms with E-state index in [2.05, 4.69) is 21.9 Å². The van der Waals surface area contributed by atoms with Crippen LogP contribution in [-0.4, -0.2) is 24.1 Å². The van der Waals surface area contributed by atoms with Crippen LogP contribution in [0.25, 0.3) is 11.3 Å². The van der Waals surface area contributed by atoms with Gasteiger partial charge in [0, 0.05) is 17.3 Å². The molecule has 0 bridgehead atoms. The number of para-hydroxylation sites is 1.